The van der Waals surface area contributed by atoms with E-state index in [-0.39, 0.29) is 5.91 Å². The Morgan fingerprint density at radius 2 is 2.13 bits per heavy atom. The van der Waals surface area contributed by atoms with Crippen molar-refractivity contribution in [2.75, 3.05) is 18.5 Å². The Balaban J connectivity index is 1.65. The number of hydrogen-bond donors (Lipinski definition) is 1. The van der Waals surface area contributed by atoms with Gasteiger partial charge in [-0.2, -0.15) is 0 Å². The van der Waals surface area contributed by atoms with E-state index in [4.69, 9.17) is 9.47 Å². The van der Waals surface area contributed by atoms with Crippen molar-refractivity contribution in [2.45, 2.75) is 26.2 Å². The lowest BCUT2D eigenvalue weighted by atomic mass is 10.1. The van der Waals surface area contributed by atoms with E-state index < -0.39 is 0 Å². The first-order chi connectivity index (χ1) is 11.3. The van der Waals surface area contributed by atoms with Crippen LogP contribution in [0.5, 0.6) is 11.5 Å². The molecule has 0 saturated heterocycles. The predicted molar refractivity (Wildman–Crippen MR) is 90.2 cm³/mol. The first kappa shape index (κ1) is 15.4. The van der Waals surface area contributed by atoms with E-state index in [0.29, 0.717) is 18.8 Å². The molecule has 0 unspecified atom stereocenters. The van der Waals surface area contributed by atoms with Crippen LogP contribution in [0.3, 0.4) is 0 Å². The van der Waals surface area contributed by atoms with Crippen molar-refractivity contribution < 1.29 is 14.3 Å². The number of fused-ring (bicyclic) bond motifs is 1. The van der Waals surface area contributed by atoms with Crippen LogP contribution in [0.4, 0.5) is 5.69 Å². The van der Waals surface area contributed by atoms with Crippen LogP contribution < -0.4 is 14.8 Å². The van der Waals surface area contributed by atoms with E-state index >= 15 is 0 Å². The molecule has 0 spiro atoms. The summed E-state index contributed by atoms with van der Waals surface area (Å²) in [5, 5.41) is 2.94. The fraction of sp³-hybridized carbons (Fsp3) is 0.316. The number of anilines is 1. The molecule has 1 aliphatic rings. The summed E-state index contributed by atoms with van der Waals surface area (Å²) < 4.78 is 11.2. The summed E-state index contributed by atoms with van der Waals surface area (Å²) >= 11 is 0. The number of amides is 1. The Bertz CT molecular complexity index is 697. The van der Waals surface area contributed by atoms with Crippen LogP contribution in [-0.4, -0.2) is 19.1 Å². The predicted octanol–water partition coefficient (Wildman–Crippen LogP) is 3.59. The topological polar surface area (TPSA) is 47.6 Å². The highest BCUT2D eigenvalue weighted by Gasteiger charge is 2.14. The maximum Gasteiger partial charge on any atom is 0.228 e. The summed E-state index contributed by atoms with van der Waals surface area (Å²) in [6.45, 7) is 3.42. The van der Waals surface area contributed by atoms with Crippen molar-refractivity contribution in [3.8, 4) is 11.5 Å². The van der Waals surface area contributed by atoms with Gasteiger partial charge >= 0.3 is 0 Å². The lowest BCUT2D eigenvalue weighted by molar-refractivity contribution is -0.115. The van der Waals surface area contributed by atoms with E-state index in [0.717, 1.165) is 36.4 Å². The molecule has 4 heteroatoms. The molecule has 0 bridgehead atoms. The number of para-hydroxylation sites is 2. The molecule has 0 radical (unpaired) electrons. The summed E-state index contributed by atoms with van der Waals surface area (Å²) in [5.74, 6) is 1.61. The summed E-state index contributed by atoms with van der Waals surface area (Å²) in [6, 6.07) is 13.5. The summed E-state index contributed by atoms with van der Waals surface area (Å²) in [7, 11) is 0. The number of hydrogen-bond acceptors (Lipinski definition) is 3. The fourth-order valence-electron chi connectivity index (χ4n) is 2.64. The van der Waals surface area contributed by atoms with Crippen molar-refractivity contribution >= 4 is 11.6 Å². The average Bonchev–Trinajstić information content (AvgIpc) is 3.01. The largest absolute Gasteiger partial charge is 0.493 e. The Labute approximate surface area is 136 Å². The molecule has 3 rings (SSSR count). The third-order valence-electron chi connectivity index (χ3n) is 3.74. The summed E-state index contributed by atoms with van der Waals surface area (Å²) in [4.78, 5) is 12.3. The monoisotopic (exact) mass is 311 g/mol. The van der Waals surface area contributed by atoms with Gasteiger partial charge in [-0.1, -0.05) is 31.2 Å². The van der Waals surface area contributed by atoms with E-state index in [2.05, 4.69) is 18.3 Å². The average molecular weight is 311 g/mol. The number of benzene rings is 2. The van der Waals surface area contributed by atoms with Gasteiger partial charge in [0.15, 0.2) is 0 Å². The number of nitrogens with one attached hydrogen (secondary N) is 1. The zero-order valence-corrected chi connectivity index (χ0v) is 13.3. The first-order valence-electron chi connectivity index (χ1n) is 8.02. The van der Waals surface area contributed by atoms with Crippen LogP contribution in [0, 0.1) is 0 Å². The molecule has 1 heterocycles. The van der Waals surface area contributed by atoms with E-state index in [1.807, 2.05) is 36.4 Å². The molecule has 2 aromatic rings. The minimum atomic E-state index is -0.0450. The molecule has 1 amide bonds. The van der Waals surface area contributed by atoms with Gasteiger partial charge < -0.3 is 14.8 Å². The van der Waals surface area contributed by atoms with E-state index in [1.54, 1.807) is 0 Å². The Morgan fingerprint density at radius 1 is 1.26 bits per heavy atom. The molecular formula is C19H21NO3. The molecular weight excluding hydrogens is 290 g/mol. The molecule has 0 aliphatic carbocycles. The molecule has 1 N–H and O–H groups in total. The van der Waals surface area contributed by atoms with Crippen LogP contribution in [0.1, 0.15) is 24.5 Å². The molecule has 0 atom stereocenters. The molecule has 1 aliphatic heterocycles. The van der Waals surface area contributed by atoms with E-state index in [1.165, 1.54) is 5.56 Å². The van der Waals surface area contributed by atoms with Crippen LogP contribution in [0.15, 0.2) is 42.5 Å². The van der Waals surface area contributed by atoms with Gasteiger partial charge in [0, 0.05) is 6.42 Å². The molecule has 23 heavy (non-hydrogen) atoms. The van der Waals surface area contributed by atoms with Crippen molar-refractivity contribution in [3.63, 3.8) is 0 Å². The van der Waals surface area contributed by atoms with Crippen molar-refractivity contribution in [1.29, 1.82) is 0 Å². The van der Waals surface area contributed by atoms with Crippen LogP contribution >= 0.6 is 0 Å². The quantitative estimate of drug-likeness (QED) is 0.887. The maximum absolute atomic E-state index is 12.3. The van der Waals surface area contributed by atoms with Crippen molar-refractivity contribution in [2.24, 2.45) is 0 Å². The van der Waals surface area contributed by atoms with Crippen molar-refractivity contribution in [3.05, 3.63) is 53.6 Å². The van der Waals surface area contributed by atoms with Gasteiger partial charge in [-0.3, -0.25) is 4.79 Å². The standard InChI is InChI=1S/C19H21NO3/c1-2-10-22-18-6-4-3-5-16(18)20-19(21)13-14-7-8-17-15(12-14)9-11-23-17/h3-8,12H,2,9-11,13H2,1H3,(H,20,21). The number of carbonyl (C=O) groups excluding carboxylic acids is 1. The smallest absolute Gasteiger partial charge is 0.228 e. The zero-order valence-electron chi connectivity index (χ0n) is 13.3. The number of carbonyl (C=O) groups is 1. The minimum Gasteiger partial charge on any atom is -0.493 e. The second kappa shape index (κ2) is 7.18. The molecule has 2 aromatic carbocycles. The van der Waals surface area contributed by atoms with E-state index in [9.17, 15) is 4.79 Å². The number of rotatable bonds is 6. The normalized spacial score (nSPS) is 12.4. The highest BCUT2D eigenvalue weighted by Crippen LogP contribution is 2.27. The molecule has 0 saturated carbocycles. The number of ether oxygens (including phenoxy) is 2. The van der Waals surface area contributed by atoms with Gasteiger partial charge in [-0.25, -0.2) is 0 Å². The molecule has 4 nitrogen and oxygen atoms in total. The van der Waals surface area contributed by atoms with Gasteiger partial charge in [-0.05, 0) is 35.7 Å². The summed E-state index contributed by atoms with van der Waals surface area (Å²) in [5.41, 5.74) is 2.90. The van der Waals surface area contributed by atoms with Crippen LogP contribution in [0.2, 0.25) is 0 Å². The molecule has 0 aromatic heterocycles. The maximum atomic E-state index is 12.3. The zero-order chi connectivity index (χ0) is 16.1. The summed E-state index contributed by atoms with van der Waals surface area (Å²) in [6.07, 6.45) is 2.19. The SMILES string of the molecule is CCCOc1ccccc1NC(=O)Cc1ccc2c(c1)CCO2. The third-order valence-corrected chi connectivity index (χ3v) is 3.74. The second-order valence-electron chi connectivity index (χ2n) is 5.61. The highest BCUT2D eigenvalue weighted by molar-refractivity contribution is 5.93. The van der Waals surface area contributed by atoms with Crippen LogP contribution in [-0.2, 0) is 17.6 Å². The molecule has 0 fully saturated rings. The Kier molecular flexibility index (Phi) is 4.81. The lowest BCUT2D eigenvalue weighted by Gasteiger charge is -2.12. The van der Waals surface area contributed by atoms with Gasteiger partial charge in [-0.15, -0.1) is 0 Å². The minimum absolute atomic E-state index is 0.0450. The van der Waals surface area contributed by atoms with Gasteiger partial charge in [0.05, 0.1) is 25.3 Å². The first-order valence-corrected chi connectivity index (χ1v) is 8.02. The highest BCUT2D eigenvalue weighted by atomic mass is 16.5. The van der Waals surface area contributed by atoms with Crippen molar-refractivity contribution in [1.82, 2.24) is 0 Å². The Hall–Kier alpha value is -2.49. The van der Waals surface area contributed by atoms with Crippen LogP contribution in [0.25, 0.3) is 0 Å². The third kappa shape index (κ3) is 3.83. The van der Waals surface area contributed by atoms with Gasteiger partial charge in [0.2, 0.25) is 5.91 Å². The fourth-order valence-corrected chi connectivity index (χ4v) is 2.64. The van der Waals surface area contributed by atoms with Gasteiger partial charge in [0.25, 0.3) is 0 Å². The second-order valence-corrected chi connectivity index (χ2v) is 5.61. The lowest BCUT2D eigenvalue weighted by Crippen LogP contribution is -2.15. The van der Waals surface area contributed by atoms with Gasteiger partial charge in [0.1, 0.15) is 11.5 Å². The molecule has 120 valence electrons. The Morgan fingerprint density at radius 3 is 3.00 bits per heavy atom.